The van der Waals surface area contributed by atoms with E-state index in [0.29, 0.717) is 0 Å². The van der Waals surface area contributed by atoms with Gasteiger partial charge in [0, 0.05) is 18.1 Å². The van der Waals surface area contributed by atoms with Crippen molar-refractivity contribution in [2.24, 2.45) is 0 Å². The third-order valence-corrected chi connectivity index (χ3v) is 3.25. The highest BCUT2D eigenvalue weighted by Crippen LogP contribution is 2.16. The summed E-state index contributed by atoms with van der Waals surface area (Å²) >= 11 is 0. The van der Waals surface area contributed by atoms with Crippen molar-refractivity contribution in [2.75, 3.05) is 0 Å². The van der Waals surface area contributed by atoms with Crippen molar-refractivity contribution in [3.8, 4) is 0 Å². The molecule has 0 unspecified atom stereocenters. The van der Waals surface area contributed by atoms with E-state index < -0.39 is 0 Å². The summed E-state index contributed by atoms with van der Waals surface area (Å²) in [6, 6.07) is 14.5. The van der Waals surface area contributed by atoms with Crippen LogP contribution < -0.4 is 5.32 Å². The predicted octanol–water partition coefficient (Wildman–Crippen LogP) is 3.68. The number of hydrogen-bond donors (Lipinski definition) is 1. The van der Waals surface area contributed by atoms with E-state index >= 15 is 0 Å². The van der Waals surface area contributed by atoms with Gasteiger partial charge in [0.1, 0.15) is 5.76 Å². The SMILES string of the molecule is C[C@H](NCc1ccc2ncccc2c1)c1ccco1. The van der Waals surface area contributed by atoms with Gasteiger partial charge in [0.2, 0.25) is 0 Å². The zero-order valence-corrected chi connectivity index (χ0v) is 10.8. The molecule has 0 fully saturated rings. The van der Waals surface area contributed by atoms with Gasteiger partial charge in [-0.15, -0.1) is 0 Å². The van der Waals surface area contributed by atoms with E-state index in [0.717, 1.165) is 17.8 Å². The van der Waals surface area contributed by atoms with Gasteiger partial charge in [-0.05, 0) is 42.8 Å². The quantitative estimate of drug-likeness (QED) is 0.769. The molecule has 3 rings (SSSR count). The summed E-state index contributed by atoms with van der Waals surface area (Å²) in [4.78, 5) is 4.32. The Hall–Kier alpha value is -2.13. The summed E-state index contributed by atoms with van der Waals surface area (Å²) in [5.74, 6) is 0.961. The molecule has 1 aromatic carbocycles. The Morgan fingerprint density at radius 1 is 1.21 bits per heavy atom. The van der Waals surface area contributed by atoms with E-state index in [1.807, 2.05) is 24.4 Å². The highest BCUT2D eigenvalue weighted by atomic mass is 16.3. The van der Waals surface area contributed by atoms with Gasteiger partial charge in [-0.2, -0.15) is 0 Å². The van der Waals surface area contributed by atoms with E-state index in [9.17, 15) is 0 Å². The zero-order chi connectivity index (χ0) is 13.1. The molecule has 3 aromatic rings. The van der Waals surface area contributed by atoms with E-state index in [1.165, 1.54) is 10.9 Å². The molecule has 3 nitrogen and oxygen atoms in total. The number of furan rings is 1. The molecule has 19 heavy (non-hydrogen) atoms. The molecule has 1 N–H and O–H groups in total. The van der Waals surface area contributed by atoms with Gasteiger partial charge < -0.3 is 9.73 Å². The van der Waals surface area contributed by atoms with E-state index in [2.05, 4.69) is 41.5 Å². The Bertz CT molecular complexity index is 661. The van der Waals surface area contributed by atoms with Gasteiger partial charge in [0.05, 0.1) is 17.8 Å². The Balaban J connectivity index is 1.71. The van der Waals surface area contributed by atoms with Crippen LogP contribution in [-0.2, 0) is 6.54 Å². The molecule has 0 spiro atoms. The van der Waals surface area contributed by atoms with Crippen LogP contribution in [0.4, 0.5) is 0 Å². The minimum Gasteiger partial charge on any atom is -0.468 e. The smallest absolute Gasteiger partial charge is 0.120 e. The molecule has 0 aliphatic carbocycles. The Kier molecular flexibility index (Phi) is 3.29. The Labute approximate surface area is 112 Å². The van der Waals surface area contributed by atoms with Crippen molar-refractivity contribution in [2.45, 2.75) is 19.5 Å². The zero-order valence-electron chi connectivity index (χ0n) is 10.8. The molecule has 0 aliphatic heterocycles. The molecule has 0 aliphatic rings. The lowest BCUT2D eigenvalue weighted by molar-refractivity contribution is 0.430. The number of benzene rings is 1. The number of rotatable bonds is 4. The first-order chi connectivity index (χ1) is 9.33. The van der Waals surface area contributed by atoms with Gasteiger partial charge in [-0.25, -0.2) is 0 Å². The van der Waals surface area contributed by atoms with Crippen molar-refractivity contribution in [1.29, 1.82) is 0 Å². The molecule has 2 aromatic heterocycles. The molecule has 0 radical (unpaired) electrons. The standard InChI is InChI=1S/C16H16N2O/c1-12(16-5-3-9-19-16)18-11-13-6-7-15-14(10-13)4-2-8-17-15/h2-10,12,18H,11H2,1H3/t12-/m0/s1. The molecule has 96 valence electrons. The lowest BCUT2D eigenvalue weighted by Gasteiger charge is -2.11. The summed E-state index contributed by atoms with van der Waals surface area (Å²) in [6.07, 6.45) is 3.52. The van der Waals surface area contributed by atoms with Crippen LogP contribution in [0, 0.1) is 0 Å². The average molecular weight is 252 g/mol. The summed E-state index contributed by atoms with van der Waals surface area (Å²) in [7, 11) is 0. The monoisotopic (exact) mass is 252 g/mol. The highest BCUT2D eigenvalue weighted by molar-refractivity contribution is 5.78. The number of pyridine rings is 1. The van der Waals surface area contributed by atoms with Gasteiger partial charge in [-0.1, -0.05) is 12.1 Å². The van der Waals surface area contributed by atoms with Crippen molar-refractivity contribution in [3.05, 3.63) is 66.2 Å². The maximum Gasteiger partial charge on any atom is 0.120 e. The summed E-state index contributed by atoms with van der Waals surface area (Å²) < 4.78 is 5.38. The lowest BCUT2D eigenvalue weighted by Crippen LogP contribution is -2.17. The highest BCUT2D eigenvalue weighted by Gasteiger charge is 2.07. The first-order valence-corrected chi connectivity index (χ1v) is 6.43. The molecule has 1 atom stereocenters. The van der Waals surface area contributed by atoms with Crippen LogP contribution in [0.3, 0.4) is 0 Å². The van der Waals surface area contributed by atoms with Crippen LogP contribution in [0.2, 0.25) is 0 Å². The summed E-state index contributed by atoms with van der Waals surface area (Å²) in [5.41, 5.74) is 2.28. The van der Waals surface area contributed by atoms with E-state index in [4.69, 9.17) is 4.42 Å². The first kappa shape index (κ1) is 11.9. The lowest BCUT2D eigenvalue weighted by atomic mass is 10.1. The van der Waals surface area contributed by atoms with Crippen LogP contribution in [-0.4, -0.2) is 4.98 Å². The molecular weight excluding hydrogens is 236 g/mol. The molecular formula is C16H16N2O. The predicted molar refractivity (Wildman–Crippen MR) is 75.7 cm³/mol. The average Bonchev–Trinajstić information content (AvgIpc) is 2.99. The fourth-order valence-corrected chi connectivity index (χ4v) is 2.14. The molecule has 0 saturated heterocycles. The van der Waals surface area contributed by atoms with Crippen LogP contribution in [0.15, 0.2) is 59.3 Å². The number of nitrogens with one attached hydrogen (secondary N) is 1. The Morgan fingerprint density at radius 3 is 3.00 bits per heavy atom. The van der Waals surface area contributed by atoms with Crippen molar-refractivity contribution < 1.29 is 4.42 Å². The van der Waals surface area contributed by atoms with Gasteiger partial charge >= 0.3 is 0 Å². The molecule has 0 saturated carbocycles. The van der Waals surface area contributed by atoms with Gasteiger partial charge in [-0.3, -0.25) is 4.98 Å². The summed E-state index contributed by atoms with van der Waals surface area (Å²) in [5, 5.41) is 4.63. The Morgan fingerprint density at radius 2 is 2.16 bits per heavy atom. The van der Waals surface area contributed by atoms with Gasteiger partial charge in [0.15, 0.2) is 0 Å². The van der Waals surface area contributed by atoms with E-state index in [-0.39, 0.29) is 6.04 Å². The van der Waals surface area contributed by atoms with Gasteiger partial charge in [0.25, 0.3) is 0 Å². The first-order valence-electron chi connectivity index (χ1n) is 6.43. The minimum atomic E-state index is 0.208. The second-order valence-corrected chi connectivity index (χ2v) is 4.65. The summed E-state index contributed by atoms with van der Waals surface area (Å²) in [6.45, 7) is 2.91. The third kappa shape index (κ3) is 2.66. The van der Waals surface area contributed by atoms with E-state index in [1.54, 1.807) is 6.26 Å². The van der Waals surface area contributed by atoms with Crippen LogP contribution in [0.5, 0.6) is 0 Å². The fraction of sp³-hybridized carbons (Fsp3) is 0.188. The number of fused-ring (bicyclic) bond motifs is 1. The normalized spacial score (nSPS) is 12.7. The second kappa shape index (κ2) is 5.24. The maximum absolute atomic E-state index is 5.38. The molecule has 3 heteroatoms. The molecule has 2 heterocycles. The molecule has 0 amide bonds. The van der Waals surface area contributed by atoms with Crippen molar-refractivity contribution in [1.82, 2.24) is 10.3 Å². The van der Waals surface area contributed by atoms with Crippen LogP contribution in [0.25, 0.3) is 10.9 Å². The van der Waals surface area contributed by atoms with Crippen molar-refractivity contribution in [3.63, 3.8) is 0 Å². The number of nitrogens with zero attached hydrogens (tertiary/aromatic N) is 1. The van der Waals surface area contributed by atoms with Crippen LogP contribution in [0.1, 0.15) is 24.3 Å². The van der Waals surface area contributed by atoms with Crippen molar-refractivity contribution >= 4 is 10.9 Å². The maximum atomic E-state index is 5.38. The largest absolute Gasteiger partial charge is 0.468 e. The number of hydrogen-bond acceptors (Lipinski definition) is 3. The minimum absolute atomic E-state index is 0.208. The second-order valence-electron chi connectivity index (χ2n) is 4.65. The number of aromatic nitrogens is 1. The topological polar surface area (TPSA) is 38.1 Å². The van der Waals surface area contributed by atoms with Crippen LogP contribution >= 0.6 is 0 Å². The fourth-order valence-electron chi connectivity index (χ4n) is 2.14. The molecule has 0 bridgehead atoms. The third-order valence-electron chi connectivity index (χ3n) is 3.25.